The summed E-state index contributed by atoms with van der Waals surface area (Å²) >= 11 is 0. The number of carbonyl (C=O) groups is 1. The van der Waals surface area contributed by atoms with Crippen LogP contribution < -0.4 is 5.73 Å². The Morgan fingerprint density at radius 3 is 2.32 bits per heavy atom. The lowest BCUT2D eigenvalue weighted by Gasteiger charge is -2.51. The van der Waals surface area contributed by atoms with E-state index in [1.165, 1.54) is 4.90 Å². The van der Waals surface area contributed by atoms with Crippen LogP contribution in [0.3, 0.4) is 0 Å². The van der Waals surface area contributed by atoms with Crippen LogP contribution in [0.4, 0.5) is 0 Å². The Labute approximate surface area is 131 Å². The monoisotopic (exact) mass is 295 g/mol. The number of carbonyl (C=O) groups excluding carboxylic acids is 1. The quantitative estimate of drug-likeness (QED) is 0.836. The molecule has 1 aliphatic heterocycles. The van der Waals surface area contributed by atoms with Crippen LogP contribution in [0.1, 0.15) is 42.2 Å². The van der Waals surface area contributed by atoms with Gasteiger partial charge in [-0.05, 0) is 25.5 Å². The lowest BCUT2D eigenvalue weighted by Crippen LogP contribution is -2.62. The van der Waals surface area contributed by atoms with E-state index in [9.17, 15) is 4.79 Å². The van der Waals surface area contributed by atoms with Gasteiger partial charge in [-0.1, -0.05) is 13.8 Å². The molecule has 2 N–H and O–H groups in total. The minimum atomic E-state index is -2.58. The maximum atomic E-state index is 12.6. The summed E-state index contributed by atoms with van der Waals surface area (Å²) < 4.78 is 45.2. The predicted molar refractivity (Wildman–Crippen MR) is 80.4 cm³/mol. The molecule has 2 atom stereocenters. The van der Waals surface area contributed by atoms with Crippen LogP contribution in [0.5, 0.6) is 0 Å². The Balaban J connectivity index is 0.00000312. The smallest absolute Gasteiger partial charge is 0.226 e. The fraction of sp³-hybridized carbons (Fsp3) is 0.929. The molecule has 4 nitrogen and oxygen atoms in total. The molecule has 1 aliphatic carbocycles. The van der Waals surface area contributed by atoms with Crippen LogP contribution in [-0.4, -0.2) is 54.0 Å². The summed E-state index contributed by atoms with van der Waals surface area (Å²) in [5.41, 5.74) is 5.74. The molecule has 0 radical (unpaired) electrons. The number of hydrogen-bond acceptors (Lipinski definition) is 3. The van der Waals surface area contributed by atoms with Crippen LogP contribution in [0, 0.1) is 11.3 Å². The molecule has 19 heavy (non-hydrogen) atoms. The number of piperazine rings is 1. The van der Waals surface area contributed by atoms with Gasteiger partial charge in [-0.2, -0.15) is 0 Å². The summed E-state index contributed by atoms with van der Waals surface area (Å²) in [7, 11) is 0. The van der Waals surface area contributed by atoms with Crippen molar-refractivity contribution in [3.63, 3.8) is 0 Å². The Kier molecular flexibility index (Phi) is 3.02. The number of hydrogen-bond donors (Lipinski definition) is 1. The third-order valence-electron chi connectivity index (χ3n) is 4.63. The lowest BCUT2D eigenvalue weighted by molar-refractivity contribution is -0.149. The highest BCUT2D eigenvalue weighted by Gasteiger charge is 2.51. The largest absolute Gasteiger partial charge is 0.340 e. The normalized spacial score (nSPS) is 36.7. The first-order valence-corrected chi connectivity index (χ1v) is 6.54. The molecular formula is C14H28ClN3O. The molecule has 0 aromatic heterocycles. The molecular weight excluding hydrogens is 262 g/mol. The van der Waals surface area contributed by atoms with Gasteiger partial charge in [0.25, 0.3) is 0 Å². The molecule has 0 spiro atoms. The molecule has 2 aliphatic rings. The van der Waals surface area contributed by atoms with Crippen molar-refractivity contribution in [3.05, 3.63) is 0 Å². The number of halogens is 1. The van der Waals surface area contributed by atoms with Gasteiger partial charge in [0.05, 0.1) is 0 Å². The molecule has 1 amide bonds. The van der Waals surface area contributed by atoms with E-state index in [0.717, 1.165) is 0 Å². The van der Waals surface area contributed by atoms with Crippen molar-refractivity contribution in [1.82, 2.24) is 9.80 Å². The highest BCUT2D eigenvalue weighted by molar-refractivity contribution is 5.85. The zero-order valence-electron chi connectivity index (χ0n) is 17.6. The van der Waals surface area contributed by atoms with Crippen molar-refractivity contribution in [3.8, 4) is 0 Å². The first-order chi connectivity index (χ1) is 10.8. The van der Waals surface area contributed by atoms with E-state index in [1.54, 1.807) is 4.90 Å². The van der Waals surface area contributed by atoms with E-state index in [2.05, 4.69) is 0 Å². The summed E-state index contributed by atoms with van der Waals surface area (Å²) in [6, 6.07) is -1.47. The average Bonchev–Trinajstić information content (AvgIpc) is 2.41. The Morgan fingerprint density at radius 2 is 1.89 bits per heavy atom. The topological polar surface area (TPSA) is 49.6 Å². The summed E-state index contributed by atoms with van der Waals surface area (Å²) in [6.07, 6.45) is 0.666. The molecule has 5 heteroatoms. The molecule has 0 aromatic carbocycles. The molecule has 1 saturated carbocycles. The fourth-order valence-corrected chi connectivity index (χ4v) is 2.80. The number of rotatable bonds is 2. The predicted octanol–water partition coefficient (Wildman–Crippen LogP) is 1.33. The van der Waals surface area contributed by atoms with Crippen LogP contribution in [0.2, 0.25) is 0 Å². The summed E-state index contributed by atoms with van der Waals surface area (Å²) in [4.78, 5) is 15.8. The van der Waals surface area contributed by atoms with Crippen molar-refractivity contribution in [2.45, 2.75) is 46.1 Å². The summed E-state index contributed by atoms with van der Waals surface area (Å²) in [5, 5.41) is 0. The van der Waals surface area contributed by atoms with Gasteiger partial charge in [0.1, 0.15) is 0 Å². The van der Waals surface area contributed by atoms with E-state index in [-0.39, 0.29) is 48.8 Å². The fourth-order valence-electron chi connectivity index (χ4n) is 2.80. The van der Waals surface area contributed by atoms with E-state index >= 15 is 0 Å². The van der Waals surface area contributed by atoms with E-state index in [4.69, 9.17) is 14.0 Å². The number of nitrogens with two attached hydrogens (primary N) is 1. The van der Waals surface area contributed by atoms with Gasteiger partial charge < -0.3 is 10.6 Å². The molecule has 2 fully saturated rings. The van der Waals surface area contributed by atoms with Gasteiger partial charge in [0.15, 0.2) is 0 Å². The van der Waals surface area contributed by atoms with Crippen LogP contribution >= 0.6 is 12.4 Å². The molecule has 1 saturated heterocycles. The van der Waals surface area contributed by atoms with Crippen molar-refractivity contribution < 1.29 is 13.0 Å². The SMILES string of the molecule is Cl.[2H]C([2H])([2H])C(N1CCN(C(=O)[C@H]2C[C@@H](N)C2(C)C)CC1)C([2H])([2H])[2H]. The molecule has 112 valence electrons. The molecule has 2 rings (SSSR count). The Morgan fingerprint density at radius 1 is 1.32 bits per heavy atom. The molecule has 0 aromatic rings. The molecule has 0 bridgehead atoms. The third kappa shape index (κ3) is 3.06. The number of nitrogens with zero attached hydrogens (tertiary/aromatic N) is 2. The van der Waals surface area contributed by atoms with Gasteiger partial charge in [0, 0.05) is 52.4 Å². The minimum absolute atomic E-state index is 0. The van der Waals surface area contributed by atoms with Gasteiger partial charge in [-0.25, -0.2) is 0 Å². The summed E-state index contributed by atoms with van der Waals surface area (Å²) in [6.45, 7) is 0.0181. The zero-order chi connectivity index (χ0) is 18.5. The van der Waals surface area contributed by atoms with E-state index in [1.807, 2.05) is 13.8 Å². The van der Waals surface area contributed by atoms with Crippen LogP contribution in [0.25, 0.3) is 0 Å². The van der Waals surface area contributed by atoms with Gasteiger partial charge in [-0.3, -0.25) is 9.69 Å². The van der Waals surface area contributed by atoms with Crippen LogP contribution in [-0.2, 0) is 4.79 Å². The van der Waals surface area contributed by atoms with Gasteiger partial charge in [-0.15, -0.1) is 12.4 Å². The van der Waals surface area contributed by atoms with Crippen molar-refractivity contribution in [2.24, 2.45) is 17.1 Å². The zero-order valence-corrected chi connectivity index (χ0v) is 12.4. The van der Waals surface area contributed by atoms with E-state index < -0.39 is 19.7 Å². The van der Waals surface area contributed by atoms with E-state index in [0.29, 0.717) is 19.5 Å². The maximum Gasteiger partial charge on any atom is 0.226 e. The summed E-state index contributed by atoms with van der Waals surface area (Å²) in [5.74, 6) is -0.0688. The van der Waals surface area contributed by atoms with Crippen molar-refractivity contribution in [1.29, 1.82) is 0 Å². The second-order valence-corrected chi connectivity index (χ2v) is 5.98. The minimum Gasteiger partial charge on any atom is -0.340 e. The molecule has 1 heterocycles. The Bertz CT molecular complexity index is 474. The molecule has 0 unspecified atom stereocenters. The standard InChI is InChI=1S/C14H27N3O.ClH/c1-10(2)16-5-7-17(8-6-16)13(18)11-9-12(15)14(11,3)4;/h10-12H,5-9,15H2,1-4H3;1H/t11-,12-;/m1./s1/i1D3,2D3;. The third-order valence-corrected chi connectivity index (χ3v) is 4.63. The highest BCUT2D eigenvalue weighted by Crippen LogP contribution is 2.45. The van der Waals surface area contributed by atoms with Gasteiger partial charge in [0.2, 0.25) is 5.91 Å². The highest BCUT2D eigenvalue weighted by atomic mass is 35.5. The van der Waals surface area contributed by atoms with Gasteiger partial charge >= 0.3 is 0 Å². The van der Waals surface area contributed by atoms with Crippen molar-refractivity contribution >= 4 is 18.3 Å². The maximum absolute atomic E-state index is 12.6. The van der Waals surface area contributed by atoms with Crippen LogP contribution in [0.15, 0.2) is 0 Å². The second kappa shape index (κ2) is 5.98. The second-order valence-electron chi connectivity index (χ2n) is 5.98. The Hall–Kier alpha value is -0.320. The van der Waals surface area contributed by atoms with Crippen molar-refractivity contribution in [2.75, 3.05) is 26.2 Å². The number of amides is 1. The first-order valence-electron chi connectivity index (χ1n) is 9.54. The lowest BCUT2D eigenvalue weighted by atomic mass is 9.58. The average molecular weight is 296 g/mol. The first kappa shape index (κ1) is 9.59.